The van der Waals surface area contributed by atoms with Gasteiger partial charge in [-0.1, -0.05) is 36.2 Å². The highest BCUT2D eigenvalue weighted by atomic mass is 35.5. The van der Waals surface area contributed by atoms with Gasteiger partial charge in [0.1, 0.15) is 17.2 Å². The van der Waals surface area contributed by atoms with Crippen molar-refractivity contribution in [2.24, 2.45) is 17.8 Å². The summed E-state index contributed by atoms with van der Waals surface area (Å²) in [4.78, 5) is 66.7. The molecule has 1 aromatic heterocycles. The Hall–Kier alpha value is -3.53. The molecule has 3 atom stereocenters. The van der Waals surface area contributed by atoms with Gasteiger partial charge in [-0.25, -0.2) is 9.80 Å². The van der Waals surface area contributed by atoms with Crippen LogP contribution in [0.3, 0.4) is 0 Å². The molecule has 5 rings (SSSR count). The topological polar surface area (TPSA) is 101 Å². The second kappa shape index (κ2) is 11.5. The van der Waals surface area contributed by atoms with Crippen molar-refractivity contribution < 1.29 is 28.7 Å². The molecule has 206 valence electrons. The highest BCUT2D eigenvalue weighted by Crippen LogP contribution is 2.41. The molecule has 3 amide bonds. The van der Waals surface area contributed by atoms with Crippen LogP contribution in [-0.2, 0) is 9.59 Å². The first kappa shape index (κ1) is 28.0. The predicted molar refractivity (Wildman–Crippen MR) is 149 cm³/mol. The number of amides is 3. The molecule has 0 N–H and O–H groups in total. The third-order valence-electron chi connectivity index (χ3n) is 7.20. The lowest BCUT2D eigenvalue weighted by molar-refractivity contribution is -0.154. The number of imide groups is 1. The molecule has 1 aliphatic heterocycles. The molecule has 2 fully saturated rings. The Balaban J connectivity index is 1.41. The fraction of sp³-hybridized carbons (Fsp3) is 0.276. The summed E-state index contributed by atoms with van der Waals surface area (Å²) in [5.41, 5.74) is 0.194. The van der Waals surface area contributed by atoms with Crippen LogP contribution in [0.25, 0.3) is 0 Å². The zero-order valence-corrected chi connectivity index (χ0v) is 23.7. The number of ether oxygens (including phenoxy) is 1. The zero-order valence-electron chi connectivity index (χ0n) is 21.3. The molecule has 0 spiro atoms. The monoisotopic (exact) mass is 598 g/mol. The van der Waals surface area contributed by atoms with Crippen LogP contribution in [-0.4, -0.2) is 46.0 Å². The Morgan fingerprint density at radius 1 is 1.00 bits per heavy atom. The average molecular weight is 599 g/mol. The maximum Gasteiger partial charge on any atom is 0.353 e. The van der Waals surface area contributed by atoms with Crippen molar-refractivity contribution in [2.75, 3.05) is 6.54 Å². The Morgan fingerprint density at radius 2 is 1.73 bits per heavy atom. The molecule has 1 saturated carbocycles. The first-order valence-corrected chi connectivity index (χ1v) is 14.3. The molecular weight excluding hydrogens is 575 g/mol. The Kier molecular flexibility index (Phi) is 8.07. The van der Waals surface area contributed by atoms with Crippen LogP contribution in [0.4, 0.5) is 0 Å². The predicted octanol–water partition coefficient (Wildman–Crippen LogP) is 5.94. The second-order valence-electron chi connectivity index (χ2n) is 9.92. The van der Waals surface area contributed by atoms with Crippen molar-refractivity contribution in [1.82, 2.24) is 10.0 Å². The Morgan fingerprint density at radius 3 is 2.40 bits per heavy atom. The van der Waals surface area contributed by atoms with Crippen molar-refractivity contribution in [3.63, 3.8) is 0 Å². The number of thiophene rings is 1. The van der Waals surface area contributed by atoms with Crippen molar-refractivity contribution in [2.45, 2.75) is 26.2 Å². The van der Waals surface area contributed by atoms with Crippen LogP contribution in [0.15, 0.2) is 60.0 Å². The van der Waals surface area contributed by atoms with E-state index in [2.05, 4.69) is 0 Å². The summed E-state index contributed by atoms with van der Waals surface area (Å²) in [6.07, 6.45) is 1.87. The highest BCUT2D eigenvalue weighted by Gasteiger charge is 2.53. The van der Waals surface area contributed by atoms with Gasteiger partial charge in [0, 0.05) is 10.6 Å². The maximum atomic E-state index is 13.7. The number of esters is 1. The molecule has 2 aliphatic rings. The smallest absolute Gasteiger partial charge is 0.353 e. The summed E-state index contributed by atoms with van der Waals surface area (Å²) < 4.78 is 5.34. The molecule has 0 unspecified atom stereocenters. The van der Waals surface area contributed by atoms with Crippen LogP contribution < -0.4 is 4.74 Å². The molecule has 0 bridgehead atoms. The average Bonchev–Trinajstić information content (AvgIpc) is 3.55. The summed E-state index contributed by atoms with van der Waals surface area (Å²) in [5.74, 6) is -3.39. The molecular formula is C29H24Cl2N2O6S. The van der Waals surface area contributed by atoms with Crippen molar-refractivity contribution in [3.8, 4) is 5.75 Å². The second-order valence-corrected chi connectivity index (χ2v) is 11.7. The van der Waals surface area contributed by atoms with Gasteiger partial charge in [-0.2, -0.15) is 5.01 Å². The van der Waals surface area contributed by atoms with Crippen molar-refractivity contribution >= 4 is 64.0 Å². The molecule has 8 nitrogen and oxygen atoms in total. The number of hydrogen-bond acceptors (Lipinski definition) is 7. The molecule has 1 saturated heterocycles. The zero-order chi connectivity index (χ0) is 28.6. The summed E-state index contributed by atoms with van der Waals surface area (Å²) >= 11 is 13.5. The van der Waals surface area contributed by atoms with Gasteiger partial charge in [0.05, 0.1) is 22.4 Å². The Labute approximate surface area is 244 Å². The van der Waals surface area contributed by atoms with Crippen LogP contribution >= 0.6 is 34.5 Å². The number of ketones is 1. The lowest BCUT2D eigenvalue weighted by atomic mass is 9.76. The number of carbonyl (C=O) groups is 5. The quantitative estimate of drug-likeness (QED) is 0.144. The number of rotatable bonds is 7. The molecule has 1 aliphatic carbocycles. The minimum absolute atomic E-state index is 0.00135. The number of halogens is 2. The van der Waals surface area contributed by atoms with Gasteiger partial charge < -0.3 is 4.74 Å². The number of nitrogens with zero attached hydrogens (tertiary/aromatic N) is 2. The summed E-state index contributed by atoms with van der Waals surface area (Å²) in [6, 6.07) is 13.4. The SMILES string of the molecule is C[C@@H]1CC[C@H]2C(=O)N(N(CC(=O)c3ccc(OC(=O)c4cccs4)cc3)C(=O)c3ccc(Cl)cc3Cl)C(=O)[C@@H]2C1. The van der Waals surface area contributed by atoms with E-state index in [1.54, 1.807) is 17.5 Å². The van der Waals surface area contributed by atoms with Gasteiger partial charge in [-0.05, 0) is 79.1 Å². The standard InChI is InChI=1S/C29H24Cl2N2O6S/c1-16-4-10-20-22(13-16)28(37)33(27(20)36)32(26(35)21-11-7-18(30)14-23(21)31)15-24(34)17-5-8-19(9-6-17)39-29(38)25-3-2-12-40-25/h2-3,5-9,11-12,14,16,20,22H,4,10,13,15H2,1H3/t16-,20-,22-/m1/s1. The van der Waals surface area contributed by atoms with E-state index >= 15 is 0 Å². The largest absolute Gasteiger partial charge is 0.422 e. The Bertz CT molecular complexity index is 1490. The number of hydrazine groups is 1. The fourth-order valence-electron chi connectivity index (χ4n) is 5.13. The van der Waals surface area contributed by atoms with Crippen LogP contribution in [0.1, 0.15) is 56.6 Å². The fourth-order valence-corrected chi connectivity index (χ4v) is 6.22. The molecule has 11 heteroatoms. The first-order valence-electron chi connectivity index (χ1n) is 12.7. The molecule has 40 heavy (non-hydrogen) atoms. The minimum Gasteiger partial charge on any atom is -0.422 e. The van der Waals surface area contributed by atoms with E-state index in [1.165, 1.54) is 53.8 Å². The lowest BCUT2D eigenvalue weighted by Crippen LogP contribution is -2.52. The molecule has 3 aromatic rings. The van der Waals surface area contributed by atoms with E-state index in [1.807, 2.05) is 6.92 Å². The third-order valence-corrected chi connectivity index (χ3v) is 8.60. The lowest BCUT2D eigenvalue weighted by Gasteiger charge is -2.30. The van der Waals surface area contributed by atoms with E-state index in [-0.39, 0.29) is 27.8 Å². The van der Waals surface area contributed by atoms with E-state index in [0.717, 1.165) is 16.4 Å². The number of hydrogen-bond donors (Lipinski definition) is 0. The number of fused-ring (bicyclic) bond motifs is 1. The van der Waals surface area contributed by atoms with E-state index in [4.69, 9.17) is 27.9 Å². The van der Waals surface area contributed by atoms with Crippen LogP contribution in [0.2, 0.25) is 10.0 Å². The van der Waals surface area contributed by atoms with Crippen LogP contribution in [0, 0.1) is 17.8 Å². The van der Waals surface area contributed by atoms with Gasteiger partial charge in [0.25, 0.3) is 17.7 Å². The summed E-state index contributed by atoms with van der Waals surface area (Å²) in [6.45, 7) is 1.44. The van der Waals surface area contributed by atoms with Crippen molar-refractivity contribution in [1.29, 1.82) is 0 Å². The minimum atomic E-state index is -0.773. The molecule has 2 aromatic carbocycles. The van der Waals surface area contributed by atoms with Gasteiger partial charge in [0.15, 0.2) is 5.78 Å². The van der Waals surface area contributed by atoms with Gasteiger partial charge in [-0.15, -0.1) is 11.3 Å². The summed E-state index contributed by atoms with van der Waals surface area (Å²) in [5, 5.41) is 3.80. The van der Waals surface area contributed by atoms with Gasteiger partial charge >= 0.3 is 5.97 Å². The van der Waals surface area contributed by atoms with Gasteiger partial charge in [-0.3, -0.25) is 19.2 Å². The van der Waals surface area contributed by atoms with E-state index in [9.17, 15) is 24.0 Å². The highest BCUT2D eigenvalue weighted by molar-refractivity contribution is 7.12. The van der Waals surface area contributed by atoms with E-state index in [0.29, 0.717) is 22.7 Å². The van der Waals surface area contributed by atoms with Crippen molar-refractivity contribution in [3.05, 3.63) is 86.0 Å². The number of Topliss-reactive ketones (excluding diaryl/α,β-unsaturated/α-hetero) is 1. The third kappa shape index (κ3) is 5.54. The number of benzene rings is 2. The van der Waals surface area contributed by atoms with E-state index < -0.39 is 47.9 Å². The molecule has 0 radical (unpaired) electrons. The first-order chi connectivity index (χ1) is 19.1. The number of carbonyl (C=O) groups excluding carboxylic acids is 5. The summed E-state index contributed by atoms with van der Waals surface area (Å²) in [7, 11) is 0. The molecule has 2 heterocycles. The van der Waals surface area contributed by atoms with Gasteiger partial charge in [0.2, 0.25) is 0 Å². The normalized spacial score (nSPS) is 20.3. The maximum absolute atomic E-state index is 13.7. The van der Waals surface area contributed by atoms with Crippen LogP contribution in [0.5, 0.6) is 5.75 Å².